The van der Waals surface area contributed by atoms with E-state index in [1.165, 1.54) is 12.0 Å². The maximum Gasteiger partial charge on any atom is 0.310 e. The Morgan fingerprint density at radius 1 is 1.19 bits per heavy atom. The third-order valence-corrected chi connectivity index (χ3v) is 7.62. The Bertz CT molecular complexity index is 1350. The number of benzene rings is 1. The average molecular weight is 538 g/mol. The van der Waals surface area contributed by atoms with Crippen molar-refractivity contribution in [2.24, 2.45) is 0 Å². The lowest BCUT2D eigenvalue weighted by atomic mass is 9.88. The molecular formula is C22H25F6N5O2S. The number of methoxy groups -OCH3 is 1. The lowest BCUT2D eigenvalue weighted by Gasteiger charge is -2.40. The number of H-pyrrole nitrogens is 1. The highest BCUT2D eigenvalue weighted by Gasteiger charge is 2.65. The zero-order chi connectivity index (χ0) is 26.7. The zero-order valence-electron chi connectivity index (χ0n) is 19.6. The number of likely N-dealkylation sites (tertiary alicyclic amines) is 1. The van der Waals surface area contributed by atoms with Crippen LogP contribution >= 0.6 is 10.2 Å². The molecule has 3 aromatic rings. The highest BCUT2D eigenvalue weighted by molar-refractivity contribution is 8.45. The summed E-state index contributed by atoms with van der Waals surface area (Å²) in [6.07, 6.45) is 1.76. The number of halogens is 6. The van der Waals surface area contributed by atoms with Crippen LogP contribution in [0.4, 0.5) is 29.5 Å². The summed E-state index contributed by atoms with van der Waals surface area (Å²) in [6.45, 7) is 3.88. The number of ether oxygens (including phenoxy) is 1. The number of nitrogens with zero attached hydrogens (tertiary/aromatic N) is 3. The minimum absolute atomic E-state index is 0.0846. The highest BCUT2D eigenvalue weighted by atomic mass is 32.5. The van der Waals surface area contributed by atoms with Gasteiger partial charge in [-0.2, -0.15) is 0 Å². The van der Waals surface area contributed by atoms with Crippen LogP contribution in [0.15, 0.2) is 29.3 Å². The molecule has 0 atom stereocenters. The number of aromatic amines is 1. The molecule has 1 aliphatic heterocycles. The molecule has 0 saturated carbocycles. The molecule has 0 radical (unpaired) electrons. The van der Waals surface area contributed by atoms with Gasteiger partial charge in [-0.25, -0.2) is 14.4 Å². The van der Waals surface area contributed by atoms with E-state index < -0.39 is 38.1 Å². The number of nitrogen functional groups attached to an aromatic ring is 1. The van der Waals surface area contributed by atoms with E-state index in [0.29, 0.717) is 41.5 Å². The van der Waals surface area contributed by atoms with Crippen LogP contribution in [-0.2, 0) is 10.3 Å². The topological polar surface area (TPSA) is 97.1 Å². The standard InChI is InChI=1S/C22H25F6N5O2S/c1-22(2,35-3)21-31-18-17(15(23)11-30-19(18)32-21)12-6-8-33(9-7-12)20(34)14-5-4-13(10-16(14)29)36(24,25,26,27)28/h4-5,10-12H,6-9,29H2,1-3H3,(H,30,31,32). The summed E-state index contributed by atoms with van der Waals surface area (Å²) in [5.74, 6) is -1.08. The fourth-order valence-corrected chi connectivity index (χ4v) is 4.91. The Morgan fingerprint density at radius 2 is 1.83 bits per heavy atom. The molecule has 3 N–H and O–H groups in total. The summed E-state index contributed by atoms with van der Waals surface area (Å²) in [5, 5.41) is 0. The van der Waals surface area contributed by atoms with Gasteiger partial charge in [0.15, 0.2) is 5.65 Å². The third-order valence-electron chi connectivity index (χ3n) is 6.47. The number of piperidine rings is 1. The minimum Gasteiger partial charge on any atom is -0.398 e. The second-order valence-corrected chi connectivity index (χ2v) is 11.7. The summed E-state index contributed by atoms with van der Waals surface area (Å²) in [5.41, 5.74) is 4.88. The molecule has 0 unspecified atom stereocenters. The Balaban J connectivity index is 1.55. The summed E-state index contributed by atoms with van der Waals surface area (Å²) in [6, 6.07) is 0.908. The van der Waals surface area contributed by atoms with E-state index in [0.717, 1.165) is 6.20 Å². The number of fused-ring (bicyclic) bond motifs is 1. The first-order valence-corrected chi connectivity index (χ1v) is 12.9. The molecule has 2 aromatic heterocycles. The van der Waals surface area contributed by atoms with Gasteiger partial charge in [-0.3, -0.25) is 4.79 Å². The zero-order valence-corrected chi connectivity index (χ0v) is 20.4. The molecule has 1 aromatic carbocycles. The highest BCUT2D eigenvalue weighted by Crippen LogP contribution is 3.02. The molecule has 0 bridgehead atoms. The maximum atomic E-state index is 14.9. The number of nitrogens with two attached hydrogens (primary N) is 1. The molecule has 1 fully saturated rings. The fourth-order valence-electron chi connectivity index (χ4n) is 4.24. The van der Waals surface area contributed by atoms with Crippen LogP contribution in [0.25, 0.3) is 11.2 Å². The number of anilines is 1. The summed E-state index contributed by atoms with van der Waals surface area (Å²) in [4.78, 5) is 23.7. The van der Waals surface area contributed by atoms with Crippen molar-refractivity contribution in [3.8, 4) is 0 Å². The van der Waals surface area contributed by atoms with Gasteiger partial charge < -0.3 is 20.4 Å². The van der Waals surface area contributed by atoms with Gasteiger partial charge in [-0.1, -0.05) is 19.4 Å². The van der Waals surface area contributed by atoms with Crippen LogP contribution in [0.2, 0.25) is 0 Å². The van der Waals surface area contributed by atoms with Gasteiger partial charge in [-0.05, 0) is 50.8 Å². The van der Waals surface area contributed by atoms with E-state index in [9.17, 15) is 28.6 Å². The molecular weight excluding hydrogens is 512 g/mol. The van der Waals surface area contributed by atoms with Gasteiger partial charge in [-0.15, -0.1) is 0 Å². The molecule has 7 nitrogen and oxygen atoms in total. The minimum atomic E-state index is -9.93. The van der Waals surface area contributed by atoms with Crippen LogP contribution in [0.3, 0.4) is 0 Å². The molecule has 1 aliphatic rings. The first kappa shape index (κ1) is 26.1. The third kappa shape index (κ3) is 4.83. The van der Waals surface area contributed by atoms with Gasteiger partial charge in [0.2, 0.25) is 0 Å². The normalized spacial score (nSPS) is 17.8. The number of hydrogen-bond acceptors (Lipinski definition) is 5. The quantitative estimate of drug-likeness (QED) is 0.297. The predicted octanol–water partition coefficient (Wildman–Crippen LogP) is 6.24. The number of amides is 1. The van der Waals surface area contributed by atoms with E-state index in [1.54, 1.807) is 13.8 Å². The lowest BCUT2D eigenvalue weighted by molar-refractivity contribution is 0.0124. The number of pyridine rings is 1. The molecule has 4 rings (SSSR count). The second kappa shape index (κ2) is 7.75. The molecule has 198 valence electrons. The van der Waals surface area contributed by atoms with Gasteiger partial charge in [0.05, 0.1) is 11.8 Å². The van der Waals surface area contributed by atoms with E-state index >= 15 is 0 Å². The van der Waals surface area contributed by atoms with Crippen LogP contribution in [0.1, 0.15) is 54.4 Å². The summed E-state index contributed by atoms with van der Waals surface area (Å²) in [7, 11) is -8.41. The van der Waals surface area contributed by atoms with E-state index in [4.69, 9.17) is 10.5 Å². The second-order valence-electron chi connectivity index (χ2n) is 9.30. The van der Waals surface area contributed by atoms with Crippen molar-refractivity contribution in [3.63, 3.8) is 0 Å². The number of rotatable bonds is 5. The Morgan fingerprint density at radius 3 is 2.39 bits per heavy atom. The number of carbonyl (C=O) groups is 1. The first-order valence-electron chi connectivity index (χ1n) is 10.9. The Labute approximate surface area is 202 Å². The van der Waals surface area contributed by atoms with Gasteiger partial charge in [0.1, 0.15) is 27.7 Å². The molecule has 1 saturated heterocycles. The Hall–Kier alpha value is -3.00. The van der Waals surface area contributed by atoms with Gasteiger partial charge in [0, 0.05) is 31.5 Å². The molecule has 1 amide bonds. The molecule has 3 heterocycles. The van der Waals surface area contributed by atoms with Crippen molar-refractivity contribution in [3.05, 3.63) is 47.2 Å². The largest absolute Gasteiger partial charge is 0.398 e. The van der Waals surface area contributed by atoms with E-state index in [-0.39, 0.29) is 36.7 Å². The van der Waals surface area contributed by atoms with Crippen LogP contribution < -0.4 is 5.73 Å². The monoisotopic (exact) mass is 537 g/mol. The van der Waals surface area contributed by atoms with Crippen LogP contribution in [-0.4, -0.2) is 46.0 Å². The van der Waals surface area contributed by atoms with Gasteiger partial charge in [0.25, 0.3) is 5.91 Å². The number of carbonyl (C=O) groups excluding carboxylic acids is 1. The van der Waals surface area contributed by atoms with Crippen molar-refractivity contribution in [1.82, 2.24) is 19.9 Å². The molecule has 36 heavy (non-hydrogen) atoms. The van der Waals surface area contributed by atoms with Crippen molar-refractivity contribution >= 4 is 33.0 Å². The maximum absolute atomic E-state index is 14.9. The smallest absolute Gasteiger partial charge is 0.310 e. The van der Waals surface area contributed by atoms with Crippen molar-refractivity contribution in [2.75, 3.05) is 25.9 Å². The summed E-state index contributed by atoms with van der Waals surface area (Å²) < 4.78 is 85.5. The first-order chi connectivity index (χ1) is 16.4. The number of hydrogen-bond donors (Lipinski definition) is 2. The predicted molar refractivity (Wildman–Crippen MR) is 124 cm³/mol. The molecule has 0 spiro atoms. The summed E-state index contributed by atoms with van der Waals surface area (Å²) >= 11 is 0. The van der Waals surface area contributed by atoms with Crippen molar-refractivity contribution < 1.29 is 33.4 Å². The SMILES string of the molecule is COC(C)(C)c1nc2c(C3CCN(C(=O)c4ccc(S(F)(F)(F)(F)F)cc4N)CC3)c(F)cnc2[nH]1. The average Bonchev–Trinajstić information content (AvgIpc) is 3.22. The number of imidazole rings is 1. The Kier molecular flexibility index (Phi) is 5.61. The fraction of sp³-hybridized carbons (Fsp3) is 0.409. The van der Waals surface area contributed by atoms with E-state index in [2.05, 4.69) is 15.0 Å². The lowest BCUT2D eigenvalue weighted by Crippen LogP contribution is -2.38. The van der Waals surface area contributed by atoms with E-state index in [1.807, 2.05) is 0 Å². The number of aromatic nitrogens is 3. The van der Waals surface area contributed by atoms with Crippen LogP contribution in [0.5, 0.6) is 0 Å². The van der Waals surface area contributed by atoms with Crippen molar-refractivity contribution in [2.45, 2.75) is 43.1 Å². The van der Waals surface area contributed by atoms with Crippen LogP contribution in [0, 0.1) is 5.82 Å². The molecule has 0 aliphatic carbocycles. The number of nitrogens with one attached hydrogen (secondary N) is 1. The molecule has 14 heteroatoms. The van der Waals surface area contributed by atoms with Crippen molar-refractivity contribution in [1.29, 1.82) is 0 Å². The van der Waals surface area contributed by atoms with Gasteiger partial charge >= 0.3 is 10.2 Å².